The SMILES string of the molecule is CN(C)c1ccc(N)c(OC2CCOC3(CCCC3)C2)c1. The average molecular weight is 290 g/mol. The highest BCUT2D eigenvalue weighted by atomic mass is 16.5. The van der Waals surface area contributed by atoms with Gasteiger partial charge in [0, 0.05) is 38.7 Å². The third kappa shape index (κ3) is 3.10. The van der Waals surface area contributed by atoms with Crippen molar-refractivity contribution in [3.05, 3.63) is 18.2 Å². The van der Waals surface area contributed by atoms with E-state index in [9.17, 15) is 0 Å². The predicted molar refractivity (Wildman–Crippen MR) is 86.0 cm³/mol. The fraction of sp³-hybridized carbons (Fsp3) is 0.647. The summed E-state index contributed by atoms with van der Waals surface area (Å²) in [6.07, 6.45) is 7.10. The number of rotatable bonds is 3. The molecule has 0 aromatic heterocycles. The molecule has 1 aliphatic heterocycles. The minimum Gasteiger partial charge on any atom is -0.488 e. The highest BCUT2D eigenvalue weighted by Crippen LogP contribution is 2.41. The van der Waals surface area contributed by atoms with Crippen LogP contribution in [-0.4, -0.2) is 32.4 Å². The highest BCUT2D eigenvalue weighted by Gasteiger charge is 2.40. The van der Waals surface area contributed by atoms with Crippen molar-refractivity contribution in [2.75, 3.05) is 31.3 Å². The van der Waals surface area contributed by atoms with E-state index in [1.54, 1.807) is 0 Å². The van der Waals surface area contributed by atoms with E-state index in [0.717, 1.165) is 30.9 Å². The molecule has 116 valence electrons. The Kier molecular flexibility index (Phi) is 3.98. The summed E-state index contributed by atoms with van der Waals surface area (Å²) in [6, 6.07) is 5.98. The standard InChI is InChI=1S/C17H26N2O2/c1-19(2)13-5-6-15(18)16(11-13)21-14-7-10-20-17(12-14)8-3-4-9-17/h5-6,11,14H,3-4,7-10,12,18H2,1-2H3. The van der Waals surface area contributed by atoms with Gasteiger partial charge in [-0.3, -0.25) is 0 Å². The number of benzene rings is 1. The van der Waals surface area contributed by atoms with Crippen molar-refractivity contribution < 1.29 is 9.47 Å². The quantitative estimate of drug-likeness (QED) is 0.868. The zero-order chi connectivity index (χ0) is 14.9. The first kappa shape index (κ1) is 14.5. The van der Waals surface area contributed by atoms with Gasteiger partial charge in [-0.2, -0.15) is 0 Å². The van der Waals surface area contributed by atoms with E-state index in [4.69, 9.17) is 15.2 Å². The summed E-state index contributed by atoms with van der Waals surface area (Å²) in [6.45, 7) is 0.804. The molecule has 21 heavy (non-hydrogen) atoms. The zero-order valence-electron chi connectivity index (χ0n) is 13.1. The van der Waals surface area contributed by atoms with Crippen molar-refractivity contribution in [1.29, 1.82) is 0 Å². The van der Waals surface area contributed by atoms with Gasteiger partial charge < -0.3 is 20.1 Å². The van der Waals surface area contributed by atoms with E-state index in [1.807, 2.05) is 32.3 Å². The van der Waals surface area contributed by atoms with E-state index < -0.39 is 0 Å². The number of nitrogens with zero attached hydrogens (tertiary/aromatic N) is 1. The lowest BCUT2D eigenvalue weighted by Crippen LogP contribution is -2.41. The van der Waals surface area contributed by atoms with E-state index in [2.05, 4.69) is 4.90 Å². The van der Waals surface area contributed by atoms with Crippen molar-refractivity contribution in [3.63, 3.8) is 0 Å². The minimum atomic E-state index is 0.0802. The van der Waals surface area contributed by atoms with Gasteiger partial charge in [-0.25, -0.2) is 0 Å². The van der Waals surface area contributed by atoms with Gasteiger partial charge in [-0.15, -0.1) is 0 Å². The van der Waals surface area contributed by atoms with Crippen LogP contribution in [0.4, 0.5) is 11.4 Å². The molecular weight excluding hydrogens is 264 g/mol. The molecule has 1 aromatic rings. The average Bonchev–Trinajstić information content (AvgIpc) is 2.89. The molecule has 3 rings (SSSR count). The Morgan fingerprint density at radius 3 is 2.76 bits per heavy atom. The first-order chi connectivity index (χ1) is 10.1. The Labute approximate surface area is 127 Å². The molecule has 4 heteroatoms. The summed E-state index contributed by atoms with van der Waals surface area (Å²) in [5.41, 5.74) is 7.99. The Balaban J connectivity index is 1.72. The van der Waals surface area contributed by atoms with Crippen LogP contribution in [0.5, 0.6) is 5.75 Å². The molecule has 0 bridgehead atoms. The Morgan fingerprint density at radius 1 is 1.29 bits per heavy atom. The molecule has 1 atom stereocenters. The summed E-state index contributed by atoms with van der Waals surface area (Å²) in [5.74, 6) is 0.807. The second-order valence-corrected chi connectivity index (χ2v) is 6.59. The van der Waals surface area contributed by atoms with Gasteiger partial charge in [0.15, 0.2) is 0 Å². The minimum absolute atomic E-state index is 0.0802. The molecule has 2 N–H and O–H groups in total. The van der Waals surface area contributed by atoms with E-state index in [0.29, 0.717) is 5.69 Å². The van der Waals surface area contributed by atoms with Crippen LogP contribution in [0.1, 0.15) is 38.5 Å². The molecule has 1 unspecified atom stereocenters. The molecule has 1 saturated heterocycles. The van der Waals surface area contributed by atoms with Gasteiger partial charge in [0.2, 0.25) is 0 Å². The monoisotopic (exact) mass is 290 g/mol. The van der Waals surface area contributed by atoms with E-state index in [-0.39, 0.29) is 11.7 Å². The molecule has 0 amide bonds. The van der Waals surface area contributed by atoms with Gasteiger partial charge in [0.1, 0.15) is 11.9 Å². The first-order valence-electron chi connectivity index (χ1n) is 7.95. The third-order valence-electron chi connectivity index (χ3n) is 4.77. The Hall–Kier alpha value is -1.42. The molecule has 1 aliphatic carbocycles. The highest BCUT2D eigenvalue weighted by molar-refractivity contribution is 5.62. The molecule has 1 aromatic carbocycles. The van der Waals surface area contributed by atoms with Crippen LogP contribution < -0.4 is 15.4 Å². The fourth-order valence-electron chi connectivity index (χ4n) is 3.53. The van der Waals surface area contributed by atoms with Gasteiger partial charge in [-0.05, 0) is 25.0 Å². The number of anilines is 2. The first-order valence-corrected chi connectivity index (χ1v) is 7.95. The Morgan fingerprint density at radius 2 is 2.05 bits per heavy atom. The lowest BCUT2D eigenvalue weighted by molar-refractivity contribution is -0.108. The molecule has 0 radical (unpaired) electrons. The molecule has 4 nitrogen and oxygen atoms in total. The maximum absolute atomic E-state index is 6.23. The van der Waals surface area contributed by atoms with Crippen LogP contribution in [0, 0.1) is 0 Å². The van der Waals surface area contributed by atoms with Gasteiger partial charge in [0.05, 0.1) is 17.9 Å². The molecule has 1 saturated carbocycles. The van der Waals surface area contributed by atoms with Crippen LogP contribution in [0.15, 0.2) is 18.2 Å². The molecule has 1 spiro atoms. The normalized spacial score (nSPS) is 24.2. The van der Waals surface area contributed by atoms with Crippen molar-refractivity contribution in [1.82, 2.24) is 0 Å². The third-order valence-corrected chi connectivity index (χ3v) is 4.77. The molecule has 2 fully saturated rings. The number of nitrogens with two attached hydrogens (primary N) is 1. The lowest BCUT2D eigenvalue weighted by Gasteiger charge is -2.38. The topological polar surface area (TPSA) is 47.7 Å². The van der Waals surface area contributed by atoms with E-state index >= 15 is 0 Å². The second-order valence-electron chi connectivity index (χ2n) is 6.59. The Bertz CT molecular complexity index is 496. The molecule has 2 aliphatic rings. The van der Waals surface area contributed by atoms with Crippen molar-refractivity contribution in [3.8, 4) is 5.75 Å². The van der Waals surface area contributed by atoms with Crippen molar-refractivity contribution in [2.45, 2.75) is 50.2 Å². The molecule has 1 heterocycles. The predicted octanol–water partition coefficient (Wildman–Crippen LogP) is 3.21. The maximum atomic E-state index is 6.23. The lowest BCUT2D eigenvalue weighted by atomic mass is 9.90. The number of hydrogen-bond donors (Lipinski definition) is 1. The van der Waals surface area contributed by atoms with Crippen molar-refractivity contribution >= 4 is 11.4 Å². The summed E-state index contributed by atoms with van der Waals surface area (Å²) < 4.78 is 12.3. The summed E-state index contributed by atoms with van der Waals surface area (Å²) in [7, 11) is 4.05. The van der Waals surface area contributed by atoms with Gasteiger partial charge in [0.25, 0.3) is 0 Å². The van der Waals surface area contributed by atoms with Crippen LogP contribution in [0.3, 0.4) is 0 Å². The fourth-order valence-corrected chi connectivity index (χ4v) is 3.53. The van der Waals surface area contributed by atoms with E-state index in [1.165, 1.54) is 25.7 Å². The summed E-state index contributed by atoms with van der Waals surface area (Å²) >= 11 is 0. The van der Waals surface area contributed by atoms with Crippen LogP contribution in [-0.2, 0) is 4.74 Å². The number of hydrogen-bond acceptors (Lipinski definition) is 4. The van der Waals surface area contributed by atoms with Crippen LogP contribution in [0.25, 0.3) is 0 Å². The second kappa shape index (κ2) is 5.76. The van der Waals surface area contributed by atoms with Crippen molar-refractivity contribution in [2.24, 2.45) is 0 Å². The maximum Gasteiger partial charge on any atom is 0.144 e. The summed E-state index contributed by atoms with van der Waals surface area (Å²) in [5, 5.41) is 0. The van der Waals surface area contributed by atoms with Crippen LogP contribution >= 0.6 is 0 Å². The smallest absolute Gasteiger partial charge is 0.144 e. The largest absolute Gasteiger partial charge is 0.488 e. The van der Waals surface area contributed by atoms with Gasteiger partial charge >= 0.3 is 0 Å². The van der Waals surface area contributed by atoms with Gasteiger partial charge in [-0.1, -0.05) is 12.8 Å². The summed E-state index contributed by atoms with van der Waals surface area (Å²) in [4.78, 5) is 2.06. The number of nitrogen functional groups attached to an aromatic ring is 1. The van der Waals surface area contributed by atoms with Crippen LogP contribution in [0.2, 0.25) is 0 Å². The number of ether oxygens (including phenoxy) is 2. The zero-order valence-corrected chi connectivity index (χ0v) is 13.1. The molecular formula is C17H26N2O2.